The second-order valence-corrected chi connectivity index (χ2v) is 11.5. The maximum Gasteiger partial charge on any atom is 0.253 e. The molecule has 1 aliphatic heterocycles. The zero-order valence-electron chi connectivity index (χ0n) is 22.8. The van der Waals surface area contributed by atoms with Crippen molar-refractivity contribution in [3.63, 3.8) is 0 Å². The first-order chi connectivity index (χ1) is 18.2. The summed E-state index contributed by atoms with van der Waals surface area (Å²) in [6.07, 6.45) is 0.860. The van der Waals surface area contributed by atoms with E-state index >= 15 is 0 Å². The van der Waals surface area contributed by atoms with Crippen molar-refractivity contribution in [2.24, 2.45) is 0 Å². The molecule has 0 radical (unpaired) electrons. The van der Waals surface area contributed by atoms with Crippen LogP contribution in [0.5, 0.6) is 0 Å². The predicted molar refractivity (Wildman–Crippen MR) is 152 cm³/mol. The number of H-pyrrole nitrogens is 1. The first-order valence-electron chi connectivity index (χ1n) is 13.3. The van der Waals surface area contributed by atoms with Gasteiger partial charge < -0.3 is 4.98 Å². The van der Waals surface area contributed by atoms with Crippen LogP contribution in [0.4, 0.5) is 0 Å². The van der Waals surface area contributed by atoms with E-state index in [1.807, 2.05) is 29.8 Å². The van der Waals surface area contributed by atoms with E-state index in [0.717, 1.165) is 66.2 Å². The number of nitrogens with one attached hydrogen (secondary N) is 1. The standard InChI is InChI=1S/C29H36ClN7O/c1-6-29(4,5)37-27(32-33-34-37)26(24-17-22-16-19(2)15-20(3)25(22)31-28(24)38)36-13-11-35(12-14-36)18-21-7-9-23(30)10-8-21/h7-10,15-17,26H,6,11-14,18H2,1-5H3,(H,31,38). The lowest BCUT2D eigenvalue weighted by atomic mass is 9.98. The van der Waals surface area contributed by atoms with Gasteiger partial charge in [-0.05, 0) is 85.3 Å². The molecule has 0 spiro atoms. The van der Waals surface area contributed by atoms with Gasteiger partial charge in [0.25, 0.3) is 5.56 Å². The van der Waals surface area contributed by atoms with Crippen LogP contribution in [0, 0.1) is 13.8 Å². The lowest BCUT2D eigenvalue weighted by Gasteiger charge is -2.39. The fourth-order valence-corrected chi connectivity index (χ4v) is 5.51. The average molecular weight is 534 g/mol. The third kappa shape index (κ3) is 5.25. The fraction of sp³-hybridized carbons (Fsp3) is 0.448. The molecule has 9 heteroatoms. The molecule has 1 atom stereocenters. The highest BCUT2D eigenvalue weighted by Gasteiger charge is 2.35. The van der Waals surface area contributed by atoms with E-state index < -0.39 is 0 Å². The molecule has 0 aliphatic carbocycles. The van der Waals surface area contributed by atoms with Crippen LogP contribution in [0.25, 0.3) is 10.9 Å². The Morgan fingerprint density at radius 1 is 1.05 bits per heavy atom. The Morgan fingerprint density at radius 2 is 1.76 bits per heavy atom. The zero-order chi connectivity index (χ0) is 27.0. The Kier molecular flexibility index (Phi) is 7.40. The van der Waals surface area contributed by atoms with Gasteiger partial charge in [-0.15, -0.1) is 5.10 Å². The number of hydrogen-bond donors (Lipinski definition) is 1. The second-order valence-electron chi connectivity index (χ2n) is 11.1. The van der Waals surface area contributed by atoms with Crippen molar-refractivity contribution < 1.29 is 0 Å². The van der Waals surface area contributed by atoms with Crippen molar-refractivity contribution in [2.75, 3.05) is 26.2 Å². The highest BCUT2D eigenvalue weighted by atomic mass is 35.5. The van der Waals surface area contributed by atoms with Gasteiger partial charge in [-0.25, -0.2) is 4.68 Å². The molecule has 2 aromatic heterocycles. The van der Waals surface area contributed by atoms with Gasteiger partial charge in [0, 0.05) is 43.3 Å². The SMILES string of the molecule is CCC(C)(C)n1nnnc1C(c1cc2cc(C)cc(C)c2[nH]c1=O)N1CCN(Cc2ccc(Cl)cc2)CC1. The molecule has 1 fully saturated rings. The number of pyridine rings is 1. The molecule has 5 rings (SSSR count). The number of rotatable bonds is 7. The number of benzene rings is 2. The predicted octanol–water partition coefficient (Wildman–Crippen LogP) is 4.84. The minimum atomic E-state index is -0.359. The van der Waals surface area contributed by atoms with Crippen LogP contribution >= 0.6 is 11.6 Å². The molecule has 2 aromatic carbocycles. The number of aryl methyl sites for hydroxylation is 2. The minimum Gasteiger partial charge on any atom is -0.321 e. The van der Waals surface area contributed by atoms with E-state index in [-0.39, 0.29) is 17.1 Å². The van der Waals surface area contributed by atoms with Crippen molar-refractivity contribution in [3.05, 3.63) is 85.9 Å². The molecule has 38 heavy (non-hydrogen) atoms. The first-order valence-corrected chi connectivity index (χ1v) is 13.7. The third-order valence-electron chi connectivity index (χ3n) is 7.88. The molecule has 1 saturated heterocycles. The van der Waals surface area contributed by atoms with Gasteiger partial charge in [0.15, 0.2) is 5.82 Å². The number of piperazine rings is 1. The van der Waals surface area contributed by atoms with Crippen molar-refractivity contribution >= 4 is 22.5 Å². The normalized spacial score (nSPS) is 16.3. The zero-order valence-corrected chi connectivity index (χ0v) is 23.6. The molecule has 0 saturated carbocycles. The maximum absolute atomic E-state index is 13.6. The Labute approximate surface area is 228 Å². The lowest BCUT2D eigenvalue weighted by Crippen LogP contribution is -2.49. The Morgan fingerprint density at radius 3 is 2.45 bits per heavy atom. The van der Waals surface area contributed by atoms with E-state index in [1.165, 1.54) is 5.56 Å². The third-order valence-corrected chi connectivity index (χ3v) is 8.14. The molecule has 0 amide bonds. The highest BCUT2D eigenvalue weighted by molar-refractivity contribution is 6.30. The van der Waals surface area contributed by atoms with Gasteiger partial charge >= 0.3 is 0 Å². The van der Waals surface area contributed by atoms with Crippen LogP contribution in [0.15, 0.2) is 47.3 Å². The molecular formula is C29H36ClN7O. The maximum atomic E-state index is 13.6. The summed E-state index contributed by atoms with van der Waals surface area (Å²) in [7, 11) is 0. The van der Waals surface area contributed by atoms with Crippen LogP contribution in [0.2, 0.25) is 5.02 Å². The average Bonchev–Trinajstić information content (AvgIpc) is 3.38. The molecule has 3 heterocycles. The van der Waals surface area contributed by atoms with Crippen LogP contribution in [0.1, 0.15) is 61.3 Å². The van der Waals surface area contributed by atoms with Gasteiger partial charge in [0.2, 0.25) is 0 Å². The van der Waals surface area contributed by atoms with E-state index in [2.05, 4.69) is 82.3 Å². The summed E-state index contributed by atoms with van der Waals surface area (Å²) < 4.78 is 1.91. The van der Waals surface area contributed by atoms with Crippen molar-refractivity contribution in [3.8, 4) is 0 Å². The second kappa shape index (κ2) is 10.6. The molecule has 0 bridgehead atoms. The number of tetrazole rings is 1. The fourth-order valence-electron chi connectivity index (χ4n) is 5.38. The number of nitrogens with zero attached hydrogens (tertiary/aromatic N) is 6. The highest BCUT2D eigenvalue weighted by Crippen LogP contribution is 2.32. The van der Waals surface area contributed by atoms with Gasteiger partial charge in [-0.2, -0.15) is 0 Å². The number of halogens is 1. The van der Waals surface area contributed by atoms with Gasteiger partial charge in [-0.1, -0.05) is 42.3 Å². The smallest absolute Gasteiger partial charge is 0.253 e. The minimum absolute atomic E-state index is 0.0955. The summed E-state index contributed by atoms with van der Waals surface area (Å²) in [5.41, 5.74) is 4.64. The number of aromatic nitrogens is 5. The summed E-state index contributed by atoms with van der Waals surface area (Å²) in [6, 6.07) is 13.9. The van der Waals surface area contributed by atoms with Crippen LogP contribution < -0.4 is 5.56 Å². The van der Waals surface area contributed by atoms with Crippen LogP contribution in [-0.4, -0.2) is 61.2 Å². The molecular weight excluding hydrogens is 498 g/mol. The van der Waals surface area contributed by atoms with E-state index in [0.29, 0.717) is 11.4 Å². The summed E-state index contributed by atoms with van der Waals surface area (Å²) in [5, 5.41) is 14.8. The molecule has 1 aliphatic rings. The summed E-state index contributed by atoms with van der Waals surface area (Å²) in [5.74, 6) is 0.706. The largest absolute Gasteiger partial charge is 0.321 e. The molecule has 200 valence electrons. The van der Waals surface area contributed by atoms with Crippen molar-refractivity contribution in [1.29, 1.82) is 0 Å². The van der Waals surface area contributed by atoms with E-state index in [1.54, 1.807) is 0 Å². The van der Waals surface area contributed by atoms with E-state index in [9.17, 15) is 4.79 Å². The van der Waals surface area contributed by atoms with Gasteiger partial charge in [0.05, 0.1) is 11.1 Å². The monoisotopic (exact) mass is 533 g/mol. The molecule has 4 aromatic rings. The van der Waals surface area contributed by atoms with Crippen LogP contribution in [-0.2, 0) is 12.1 Å². The summed E-state index contributed by atoms with van der Waals surface area (Å²) in [6.45, 7) is 14.7. The summed E-state index contributed by atoms with van der Waals surface area (Å²) >= 11 is 6.07. The van der Waals surface area contributed by atoms with Crippen molar-refractivity contribution in [1.82, 2.24) is 35.0 Å². The number of hydrogen-bond acceptors (Lipinski definition) is 6. The van der Waals surface area contributed by atoms with Crippen LogP contribution in [0.3, 0.4) is 0 Å². The molecule has 8 nitrogen and oxygen atoms in total. The Bertz CT molecular complexity index is 1480. The molecule has 1 unspecified atom stereocenters. The lowest BCUT2D eigenvalue weighted by molar-refractivity contribution is 0.0968. The number of fused-ring (bicyclic) bond motifs is 1. The molecule has 1 N–H and O–H groups in total. The Balaban J connectivity index is 1.52. The first kappa shape index (κ1) is 26.5. The topological polar surface area (TPSA) is 82.9 Å². The van der Waals surface area contributed by atoms with E-state index in [4.69, 9.17) is 11.6 Å². The van der Waals surface area contributed by atoms with Gasteiger partial charge in [-0.3, -0.25) is 14.6 Å². The summed E-state index contributed by atoms with van der Waals surface area (Å²) in [4.78, 5) is 21.6. The van der Waals surface area contributed by atoms with Crippen molar-refractivity contribution in [2.45, 2.75) is 59.2 Å². The van der Waals surface area contributed by atoms with Gasteiger partial charge in [0.1, 0.15) is 6.04 Å². The quantitative estimate of drug-likeness (QED) is 0.366. The number of aromatic amines is 1. The Hall–Kier alpha value is -3.07.